The summed E-state index contributed by atoms with van der Waals surface area (Å²) in [5.41, 5.74) is 3.62. The van der Waals surface area contributed by atoms with Gasteiger partial charge >= 0.3 is 0 Å². The minimum Gasteiger partial charge on any atom is -0.494 e. The van der Waals surface area contributed by atoms with E-state index in [1.54, 1.807) is 24.3 Å². The summed E-state index contributed by atoms with van der Waals surface area (Å²) >= 11 is 0. The first-order chi connectivity index (χ1) is 15.3. The number of ether oxygens (including phenoxy) is 1. The summed E-state index contributed by atoms with van der Waals surface area (Å²) in [5, 5.41) is 6.14. The standard InChI is InChI=1S/C24H24N4O4/c1-4-32-17-7-5-16(6-8-17)25-24-27-22(30)19(23(31)28-24)11-15-12-20(29)26-21-14(3)9-13(2)10-18(15)21/h5-10,12,19H,4,11H2,1-3H3,(H,26,29)(H2,25,27,28,30,31). The van der Waals surface area contributed by atoms with Crippen molar-refractivity contribution in [1.29, 1.82) is 0 Å². The van der Waals surface area contributed by atoms with Crippen LogP contribution in [0.25, 0.3) is 10.9 Å². The predicted molar refractivity (Wildman–Crippen MR) is 122 cm³/mol. The van der Waals surface area contributed by atoms with E-state index in [-0.39, 0.29) is 17.9 Å². The van der Waals surface area contributed by atoms with Gasteiger partial charge in [-0.05, 0) is 68.7 Å². The van der Waals surface area contributed by atoms with Crippen LogP contribution in [0.5, 0.6) is 5.75 Å². The lowest BCUT2D eigenvalue weighted by Gasteiger charge is -2.23. The Morgan fingerprint density at radius 1 is 0.969 bits per heavy atom. The number of hydrogen-bond acceptors (Lipinski definition) is 5. The third-order valence-corrected chi connectivity index (χ3v) is 5.31. The van der Waals surface area contributed by atoms with Crippen LogP contribution < -0.4 is 20.9 Å². The number of nitrogens with zero attached hydrogens (tertiary/aromatic N) is 1. The summed E-state index contributed by atoms with van der Waals surface area (Å²) < 4.78 is 5.40. The third kappa shape index (κ3) is 4.39. The molecule has 1 aliphatic heterocycles. The zero-order chi connectivity index (χ0) is 22.8. The second kappa shape index (κ2) is 8.66. The summed E-state index contributed by atoms with van der Waals surface area (Å²) in [6.45, 7) is 6.33. The lowest BCUT2D eigenvalue weighted by molar-refractivity contribution is -0.135. The van der Waals surface area contributed by atoms with Gasteiger partial charge in [-0.3, -0.25) is 25.0 Å². The van der Waals surface area contributed by atoms with Gasteiger partial charge < -0.3 is 9.72 Å². The Bertz CT molecular complexity index is 1270. The Morgan fingerprint density at radius 2 is 1.66 bits per heavy atom. The van der Waals surface area contributed by atoms with Crippen LogP contribution in [0.3, 0.4) is 0 Å². The van der Waals surface area contributed by atoms with Crippen LogP contribution in [-0.2, 0) is 16.0 Å². The topological polar surface area (TPSA) is 113 Å². The fourth-order valence-corrected chi connectivity index (χ4v) is 3.88. The van der Waals surface area contributed by atoms with Crippen molar-refractivity contribution in [3.05, 3.63) is 69.5 Å². The molecule has 0 unspecified atom stereocenters. The molecule has 32 heavy (non-hydrogen) atoms. The van der Waals surface area contributed by atoms with Crippen LogP contribution in [0.2, 0.25) is 0 Å². The van der Waals surface area contributed by atoms with Crippen molar-refractivity contribution in [3.8, 4) is 5.75 Å². The molecule has 164 valence electrons. The number of H-pyrrole nitrogens is 1. The van der Waals surface area contributed by atoms with Crippen molar-refractivity contribution in [2.24, 2.45) is 10.9 Å². The van der Waals surface area contributed by atoms with E-state index in [1.165, 1.54) is 6.07 Å². The number of amides is 2. The molecule has 0 bridgehead atoms. The number of carbonyl (C=O) groups excluding carboxylic acids is 2. The fourth-order valence-electron chi connectivity index (χ4n) is 3.88. The molecule has 2 aromatic carbocycles. The van der Waals surface area contributed by atoms with E-state index in [4.69, 9.17) is 4.74 Å². The molecule has 0 atom stereocenters. The van der Waals surface area contributed by atoms with Crippen molar-refractivity contribution >= 4 is 34.4 Å². The number of aromatic amines is 1. The minimum atomic E-state index is -0.972. The molecule has 1 aromatic heterocycles. The van der Waals surface area contributed by atoms with E-state index >= 15 is 0 Å². The normalized spacial score (nSPS) is 16.0. The SMILES string of the molecule is CCOc1ccc(N=C2NC(=O)C(Cc3cc(=O)[nH]c4c(C)cc(C)cc34)C(=O)N2)cc1. The Hall–Kier alpha value is -3.94. The predicted octanol–water partition coefficient (Wildman–Crippen LogP) is 2.64. The average molecular weight is 432 g/mol. The van der Waals surface area contributed by atoms with Gasteiger partial charge in [0.05, 0.1) is 17.8 Å². The molecule has 3 N–H and O–H groups in total. The lowest BCUT2D eigenvalue weighted by Crippen LogP contribution is -2.57. The van der Waals surface area contributed by atoms with Crippen LogP contribution in [0.4, 0.5) is 5.69 Å². The lowest BCUT2D eigenvalue weighted by atomic mass is 9.93. The number of aryl methyl sites for hydroxylation is 2. The summed E-state index contributed by atoms with van der Waals surface area (Å²) in [6.07, 6.45) is 0.108. The van der Waals surface area contributed by atoms with Crippen LogP contribution in [0.15, 0.2) is 52.3 Å². The van der Waals surface area contributed by atoms with Crippen LogP contribution >= 0.6 is 0 Å². The first kappa shape index (κ1) is 21.3. The van der Waals surface area contributed by atoms with Crippen molar-refractivity contribution in [2.45, 2.75) is 27.2 Å². The number of fused-ring (bicyclic) bond motifs is 1. The van der Waals surface area contributed by atoms with Gasteiger partial charge in [-0.1, -0.05) is 11.6 Å². The van der Waals surface area contributed by atoms with Gasteiger partial charge in [-0.2, -0.15) is 0 Å². The van der Waals surface area contributed by atoms with E-state index in [0.29, 0.717) is 29.1 Å². The number of benzene rings is 2. The number of nitrogens with one attached hydrogen (secondary N) is 3. The highest BCUT2D eigenvalue weighted by atomic mass is 16.5. The molecule has 2 heterocycles. The maximum Gasteiger partial charge on any atom is 0.248 e. The number of guanidine groups is 1. The minimum absolute atomic E-state index is 0.0721. The molecule has 1 fully saturated rings. The molecular formula is C24H24N4O4. The summed E-state index contributed by atoms with van der Waals surface area (Å²) in [5.74, 6) is -1.11. The van der Waals surface area contributed by atoms with Crippen molar-refractivity contribution in [3.63, 3.8) is 0 Å². The van der Waals surface area contributed by atoms with Gasteiger partial charge in [-0.15, -0.1) is 0 Å². The van der Waals surface area contributed by atoms with Crippen LogP contribution in [0, 0.1) is 19.8 Å². The maximum absolute atomic E-state index is 12.7. The third-order valence-electron chi connectivity index (χ3n) is 5.31. The number of hydrogen-bond donors (Lipinski definition) is 3. The van der Waals surface area contributed by atoms with Crippen LogP contribution in [-0.4, -0.2) is 29.4 Å². The maximum atomic E-state index is 12.7. The van der Waals surface area contributed by atoms with Crippen molar-refractivity contribution in [2.75, 3.05) is 6.61 Å². The Balaban J connectivity index is 1.57. The molecule has 1 aliphatic rings. The van der Waals surface area contributed by atoms with Gasteiger partial charge in [0.25, 0.3) is 0 Å². The van der Waals surface area contributed by atoms with E-state index < -0.39 is 17.7 Å². The molecule has 0 spiro atoms. The highest BCUT2D eigenvalue weighted by molar-refractivity contribution is 6.18. The highest BCUT2D eigenvalue weighted by Crippen LogP contribution is 2.24. The van der Waals surface area contributed by atoms with E-state index in [2.05, 4.69) is 20.6 Å². The molecule has 0 radical (unpaired) electrons. The van der Waals surface area contributed by atoms with Crippen molar-refractivity contribution in [1.82, 2.24) is 15.6 Å². The van der Waals surface area contributed by atoms with Gasteiger partial charge in [0, 0.05) is 11.5 Å². The molecule has 0 aliphatic carbocycles. The van der Waals surface area contributed by atoms with Gasteiger partial charge in [0.1, 0.15) is 11.7 Å². The molecule has 8 nitrogen and oxygen atoms in total. The van der Waals surface area contributed by atoms with Gasteiger partial charge in [0.15, 0.2) is 0 Å². The molecule has 1 saturated heterocycles. The molecule has 8 heteroatoms. The number of carbonyl (C=O) groups is 2. The van der Waals surface area contributed by atoms with Crippen LogP contribution in [0.1, 0.15) is 23.6 Å². The fraction of sp³-hybridized carbons (Fsp3) is 0.250. The van der Waals surface area contributed by atoms with E-state index in [1.807, 2.05) is 32.9 Å². The smallest absolute Gasteiger partial charge is 0.248 e. The zero-order valence-corrected chi connectivity index (χ0v) is 18.1. The van der Waals surface area contributed by atoms with Gasteiger partial charge in [-0.25, -0.2) is 4.99 Å². The molecule has 3 aromatic rings. The number of pyridine rings is 1. The molecule has 4 rings (SSSR count). The molecular weight excluding hydrogens is 408 g/mol. The highest BCUT2D eigenvalue weighted by Gasteiger charge is 2.34. The first-order valence-electron chi connectivity index (χ1n) is 10.4. The van der Waals surface area contributed by atoms with Gasteiger partial charge in [0.2, 0.25) is 23.3 Å². The average Bonchev–Trinajstić information content (AvgIpc) is 2.73. The summed E-state index contributed by atoms with van der Waals surface area (Å²) in [6, 6.07) is 12.4. The largest absolute Gasteiger partial charge is 0.494 e. The second-order valence-corrected chi connectivity index (χ2v) is 7.79. The Labute approximate surface area is 184 Å². The number of aromatic nitrogens is 1. The Kier molecular flexibility index (Phi) is 5.77. The first-order valence-corrected chi connectivity index (χ1v) is 10.4. The number of rotatable bonds is 5. The summed E-state index contributed by atoms with van der Waals surface area (Å²) in [7, 11) is 0. The van der Waals surface area contributed by atoms with E-state index in [0.717, 1.165) is 16.5 Å². The van der Waals surface area contributed by atoms with E-state index in [9.17, 15) is 14.4 Å². The zero-order valence-electron chi connectivity index (χ0n) is 18.1. The monoisotopic (exact) mass is 432 g/mol. The second-order valence-electron chi connectivity index (χ2n) is 7.79. The molecule has 0 saturated carbocycles. The quantitative estimate of drug-likeness (QED) is 0.538. The number of aliphatic imine (C=N–C) groups is 1. The summed E-state index contributed by atoms with van der Waals surface area (Å²) in [4.78, 5) is 44.8. The molecule has 2 amide bonds. The Morgan fingerprint density at radius 3 is 2.31 bits per heavy atom. The van der Waals surface area contributed by atoms with Crippen molar-refractivity contribution < 1.29 is 14.3 Å².